The molecule has 2 aromatic rings. The van der Waals surface area contributed by atoms with Crippen LogP contribution in [-0.4, -0.2) is 51.1 Å². The van der Waals surface area contributed by atoms with Crippen LogP contribution in [0.1, 0.15) is 11.3 Å². The van der Waals surface area contributed by atoms with E-state index in [-0.39, 0.29) is 0 Å². The molecule has 0 spiro atoms. The predicted octanol–water partition coefficient (Wildman–Crippen LogP) is 0.404. The third-order valence-electron chi connectivity index (χ3n) is 3.61. The highest BCUT2D eigenvalue weighted by molar-refractivity contribution is 5.42. The zero-order chi connectivity index (χ0) is 14.7. The van der Waals surface area contributed by atoms with Crippen molar-refractivity contribution >= 4 is 5.82 Å². The van der Waals surface area contributed by atoms with Crippen LogP contribution < -0.4 is 4.90 Å². The quantitative estimate of drug-likeness (QED) is 0.812. The van der Waals surface area contributed by atoms with Crippen LogP contribution in [0.2, 0.25) is 0 Å². The molecular weight excluding hydrogens is 266 g/mol. The topological polar surface area (TPSA) is 73.9 Å². The van der Waals surface area contributed by atoms with Gasteiger partial charge in [0, 0.05) is 52.2 Å². The summed E-state index contributed by atoms with van der Waals surface area (Å²) in [4.78, 5) is 8.95. The molecule has 0 bridgehead atoms. The lowest BCUT2D eigenvalue weighted by molar-refractivity contribution is 0.246. The zero-order valence-corrected chi connectivity index (χ0v) is 12.0. The van der Waals surface area contributed by atoms with Crippen molar-refractivity contribution in [3.63, 3.8) is 0 Å². The standard InChI is InChI=1S/C14H17N7/c1-19-10-13(17-18-19)11-20-4-6-21(7-5-20)14-3-2-12(8-15)9-16-14/h2-3,9-10H,4-7,11H2,1H3. The third kappa shape index (κ3) is 3.17. The number of rotatable bonds is 3. The summed E-state index contributed by atoms with van der Waals surface area (Å²) in [6, 6.07) is 5.82. The van der Waals surface area contributed by atoms with Crippen LogP contribution in [0.15, 0.2) is 24.5 Å². The van der Waals surface area contributed by atoms with Gasteiger partial charge in [-0.25, -0.2) is 4.98 Å². The van der Waals surface area contributed by atoms with Crippen LogP contribution >= 0.6 is 0 Å². The molecule has 1 aliphatic rings. The van der Waals surface area contributed by atoms with E-state index in [1.54, 1.807) is 10.9 Å². The molecule has 0 aromatic carbocycles. The molecule has 0 saturated carbocycles. The Hall–Kier alpha value is -2.46. The lowest BCUT2D eigenvalue weighted by Crippen LogP contribution is -2.46. The Balaban J connectivity index is 1.56. The second-order valence-corrected chi connectivity index (χ2v) is 5.16. The Labute approximate surface area is 123 Å². The number of aromatic nitrogens is 4. The lowest BCUT2D eigenvalue weighted by atomic mass is 10.2. The maximum atomic E-state index is 8.79. The van der Waals surface area contributed by atoms with E-state index in [1.807, 2.05) is 25.4 Å². The third-order valence-corrected chi connectivity index (χ3v) is 3.61. The van der Waals surface area contributed by atoms with Crippen molar-refractivity contribution in [1.82, 2.24) is 24.9 Å². The molecule has 7 heteroatoms. The molecular formula is C14H17N7. The van der Waals surface area contributed by atoms with E-state index in [9.17, 15) is 0 Å². The van der Waals surface area contributed by atoms with Crippen molar-refractivity contribution in [2.24, 2.45) is 7.05 Å². The Kier molecular flexibility index (Phi) is 3.79. The molecule has 0 atom stereocenters. The Morgan fingerprint density at radius 3 is 2.62 bits per heavy atom. The number of piperazine rings is 1. The number of hydrogen-bond acceptors (Lipinski definition) is 6. The van der Waals surface area contributed by atoms with Gasteiger partial charge in [0.2, 0.25) is 0 Å². The first-order chi connectivity index (χ1) is 10.2. The van der Waals surface area contributed by atoms with Gasteiger partial charge in [-0.3, -0.25) is 9.58 Å². The first-order valence-electron chi connectivity index (χ1n) is 6.93. The maximum absolute atomic E-state index is 8.79. The van der Waals surface area contributed by atoms with Crippen molar-refractivity contribution in [3.8, 4) is 6.07 Å². The zero-order valence-electron chi connectivity index (χ0n) is 12.0. The van der Waals surface area contributed by atoms with Crippen molar-refractivity contribution < 1.29 is 0 Å². The fourth-order valence-electron chi connectivity index (χ4n) is 2.47. The Bertz CT molecular complexity index is 632. The molecule has 1 aliphatic heterocycles. The highest BCUT2D eigenvalue weighted by Gasteiger charge is 2.18. The number of pyridine rings is 1. The summed E-state index contributed by atoms with van der Waals surface area (Å²) in [6.07, 6.45) is 3.58. The van der Waals surface area contributed by atoms with Gasteiger partial charge in [-0.15, -0.1) is 5.10 Å². The first-order valence-corrected chi connectivity index (χ1v) is 6.93. The van der Waals surface area contributed by atoms with E-state index in [4.69, 9.17) is 5.26 Å². The minimum Gasteiger partial charge on any atom is -0.354 e. The Morgan fingerprint density at radius 1 is 1.24 bits per heavy atom. The smallest absolute Gasteiger partial charge is 0.128 e. The number of nitrogens with zero attached hydrogens (tertiary/aromatic N) is 7. The van der Waals surface area contributed by atoms with Crippen molar-refractivity contribution in [2.75, 3.05) is 31.1 Å². The van der Waals surface area contributed by atoms with Gasteiger partial charge >= 0.3 is 0 Å². The fraction of sp³-hybridized carbons (Fsp3) is 0.429. The average Bonchev–Trinajstić information content (AvgIpc) is 2.93. The molecule has 0 N–H and O–H groups in total. The summed E-state index contributed by atoms with van der Waals surface area (Å²) in [5, 5.41) is 16.9. The molecule has 0 radical (unpaired) electrons. The van der Waals surface area contributed by atoms with Crippen molar-refractivity contribution in [3.05, 3.63) is 35.8 Å². The Morgan fingerprint density at radius 2 is 2.05 bits per heavy atom. The number of anilines is 1. The molecule has 0 aliphatic carbocycles. The highest BCUT2D eigenvalue weighted by atomic mass is 15.4. The van der Waals surface area contributed by atoms with Gasteiger partial charge < -0.3 is 4.90 Å². The van der Waals surface area contributed by atoms with Crippen LogP contribution in [0, 0.1) is 11.3 Å². The minimum atomic E-state index is 0.597. The van der Waals surface area contributed by atoms with Crippen LogP contribution in [-0.2, 0) is 13.6 Å². The summed E-state index contributed by atoms with van der Waals surface area (Å²) in [5.41, 5.74) is 1.60. The summed E-state index contributed by atoms with van der Waals surface area (Å²) in [5.74, 6) is 0.938. The molecule has 21 heavy (non-hydrogen) atoms. The lowest BCUT2D eigenvalue weighted by Gasteiger charge is -2.34. The van der Waals surface area contributed by atoms with Gasteiger partial charge in [0.05, 0.1) is 11.3 Å². The molecule has 1 fully saturated rings. The van der Waals surface area contributed by atoms with E-state index in [0.29, 0.717) is 5.56 Å². The highest BCUT2D eigenvalue weighted by Crippen LogP contribution is 2.14. The van der Waals surface area contributed by atoms with E-state index in [2.05, 4.69) is 31.2 Å². The molecule has 3 rings (SSSR count). The van der Waals surface area contributed by atoms with Gasteiger partial charge in [0.15, 0.2) is 0 Å². The molecule has 3 heterocycles. The van der Waals surface area contributed by atoms with Crippen LogP contribution in [0.5, 0.6) is 0 Å². The van der Waals surface area contributed by atoms with Gasteiger partial charge in [-0.05, 0) is 12.1 Å². The maximum Gasteiger partial charge on any atom is 0.128 e. The predicted molar refractivity (Wildman–Crippen MR) is 77.4 cm³/mol. The van der Waals surface area contributed by atoms with E-state index in [1.165, 1.54) is 0 Å². The number of hydrogen-bond donors (Lipinski definition) is 0. The van der Waals surface area contributed by atoms with Gasteiger partial charge in [0.1, 0.15) is 11.9 Å². The summed E-state index contributed by atoms with van der Waals surface area (Å²) < 4.78 is 1.73. The minimum absolute atomic E-state index is 0.597. The molecule has 0 amide bonds. The number of aryl methyl sites for hydroxylation is 1. The van der Waals surface area contributed by atoms with E-state index < -0.39 is 0 Å². The largest absolute Gasteiger partial charge is 0.354 e. The fourth-order valence-corrected chi connectivity index (χ4v) is 2.47. The normalized spacial score (nSPS) is 15.9. The van der Waals surface area contributed by atoms with E-state index >= 15 is 0 Å². The molecule has 108 valence electrons. The van der Waals surface area contributed by atoms with Crippen LogP contribution in [0.25, 0.3) is 0 Å². The first kappa shape index (κ1) is 13.5. The summed E-state index contributed by atoms with van der Waals surface area (Å²) >= 11 is 0. The van der Waals surface area contributed by atoms with Gasteiger partial charge in [-0.1, -0.05) is 5.21 Å². The summed E-state index contributed by atoms with van der Waals surface area (Å²) in [6.45, 7) is 4.64. The second-order valence-electron chi connectivity index (χ2n) is 5.16. The molecule has 2 aromatic heterocycles. The van der Waals surface area contributed by atoms with Crippen molar-refractivity contribution in [1.29, 1.82) is 5.26 Å². The number of nitriles is 1. The second kappa shape index (κ2) is 5.89. The molecule has 1 saturated heterocycles. The molecule has 7 nitrogen and oxygen atoms in total. The monoisotopic (exact) mass is 283 g/mol. The average molecular weight is 283 g/mol. The van der Waals surface area contributed by atoms with Gasteiger partial charge in [-0.2, -0.15) is 5.26 Å². The van der Waals surface area contributed by atoms with Gasteiger partial charge in [0.25, 0.3) is 0 Å². The van der Waals surface area contributed by atoms with E-state index in [0.717, 1.165) is 44.2 Å². The van der Waals surface area contributed by atoms with Crippen LogP contribution in [0.4, 0.5) is 5.82 Å². The van der Waals surface area contributed by atoms with Crippen molar-refractivity contribution in [2.45, 2.75) is 6.54 Å². The van der Waals surface area contributed by atoms with Crippen LogP contribution in [0.3, 0.4) is 0 Å². The SMILES string of the molecule is Cn1cc(CN2CCN(c3ccc(C#N)cn3)CC2)nn1. The summed E-state index contributed by atoms with van der Waals surface area (Å²) in [7, 11) is 1.88. The molecule has 0 unspecified atom stereocenters.